The Morgan fingerprint density at radius 3 is 1.41 bits per heavy atom. The van der Waals surface area contributed by atoms with Gasteiger partial charge in [0.25, 0.3) is 0 Å². The third-order valence-corrected chi connectivity index (χ3v) is 4.37. The molecule has 0 radical (unpaired) electrons. The summed E-state index contributed by atoms with van der Waals surface area (Å²) in [5.74, 6) is -1.84. The van der Waals surface area contributed by atoms with Gasteiger partial charge in [0, 0.05) is 0 Å². The van der Waals surface area contributed by atoms with Gasteiger partial charge in [-0.25, -0.2) is 25.3 Å². The fourth-order valence-electron chi connectivity index (χ4n) is 1.27. The molecule has 0 aromatic carbocycles. The molecule has 0 N–H and O–H groups in total. The maximum absolute atomic E-state index is 11.1. The minimum absolute atomic E-state index is 0.922. The average Bonchev–Trinajstić information content (AvgIpc) is 2.17. The Morgan fingerprint density at radius 2 is 1.18 bits per heavy atom. The van der Waals surface area contributed by atoms with E-state index in [4.69, 9.17) is 0 Å². The van der Waals surface area contributed by atoms with Crippen LogP contribution < -0.4 is 0 Å². The molecule has 102 valence electrons. The van der Waals surface area contributed by atoms with Crippen molar-refractivity contribution < 1.29 is 42.7 Å². The van der Waals surface area contributed by atoms with E-state index in [2.05, 4.69) is 8.37 Å². The van der Waals surface area contributed by atoms with Crippen LogP contribution in [0.15, 0.2) is 0 Å². The van der Waals surface area contributed by atoms with E-state index >= 15 is 0 Å². The summed E-state index contributed by atoms with van der Waals surface area (Å²) in [7, 11) is -14.3. The van der Waals surface area contributed by atoms with Gasteiger partial charge in [0.2, 0.25) is 20.8 Å². The maximum Gasteiger partial charge on any atom is 0.218 e. The zero-order valence-corrected chi connectivity index (χ0v) is 10.3. The van der Waals surface area contributed by atoms with Crippen LogP contribution in [0.2, 0.25) is 0 Å². The van der Waals surface area contributed by atoms with Crippen molar-refractivity contribution in [2.24, 2.45) is 0 Å². The molecule has 0 aromatic rings. The van der Waals surface area contributed by atoms with Gasteiger partial charge < -0.3 is 9.11 Å². The van der Waals surface area contributed by atoms with E-state index in [9.17, 15) is 34.4 Å². The molecule has 1 aliphatic heterocycles. The monoisotopic (exact) mass is 310 g/mol. The molecule has 1 fully saturated rings. The lowest BCUT2D eigenvalue weighted by molar-refractivity contribution is 0.0784. The second-order valence-corrected chi connectivity index (χ2v) is 7.33. The summed E-state index contributed by atoms with van der Waals surface area (Å²) < 4.78 is 91.3. The first-order chi connectivity index (χ1) is 7.38. The fourth-order valence-corrected chi connectivity index (χ4v) is 4.13. The van der Waals surface area contributed by atoms with Crippen LogP contribution in [0, 0.1) is 0 Å². The van der Waals surface area contributed by atoms with Crippen molar-refractivity contribution in [3.63, 3.8) is 0 Å². The van der Waals surface area contributed by atoms with Gasteiger partial charge in [-0.05, 0) is 0 Å². The van der Waals surface area contributed by atoms with Crippen LogP contribution in [0.25, 0.3) is 0 Å². The Balaban J connectivity index is 2.94. The van der Waals surface area contributed by atoms with Gasteiger partial charge in [-0.2, -0.15) is 0 Å². The highest BCUT2D eigenvalue weighted by atomic mass is 32.3. The zero-order chi connectivity index (χ0) is 13.5. The first-order valence-electron chi connectivity index (χ1n) is 3.87. The van der Waals surface area contributed by atoms with Crippen LogP contribution in [-0.2, 0) is 39.0 Å². The minimum Gasteiger partial charge on any atom is -0.726 e. The molecule has 2 atom stereocenters. The lowest BCUT2D eigenvalue weighted by atomic mass is 10.3. The summed E-state index contributed by atoms with van der Waals surface area (Å²) in [4.78, 5) is 0. The molecular weight excluding hydrogens is 304 g/mol. The molecule has 0 unspecified atom stereocenters. The standard InChI is InChI=1S/C4H8O10S3/c5-15(6)1-3(13-16(7,8)9)4(2-15)14-17(10,11)12/h3-4H,1-2H2,(H,7,8,9)(H,10,11,12)/p-2/t3-,4+. The molecule has 1 heterocycles. The van der Waals surface area contributed by atoms with Gasteiger partial charge in [-0.3, -0.25) is 8.37 Å². The summed E-state index contributed by atoms with van der Waals surface area (Å²) in [6, 6.07) is 0. The van der Waals surface area contributed by atoms with Crippen LogP contribution in [0.1, 0.15) is 0 Å². The van der Waals surface area contributed by atoms with Crippen molar-refractivity contribution in [1.82, 2.24) is 0 Å². The Morgan fingerprint density at radius 1 is 0.882 bits per heavy atom. The first kappa shape index (κ1) is 14.7. The Bertz CT molecular complexity index is 533. The molecule has 17 heavy (non-hydrogen) atoms. The maximum atomic E-state index is 11.1. The Hall–Kier alpha value is -0.310. The number of hydrogen-bond acceptors (Lipinski definition) is 10. The van der Waals surface area contributed by atoms with Crippen LogP contribution in [0.5, 0.6) is 0 Å². The van der Waals surface area contributed by atoms with Gasteiger partial charge in [0.05, 0.1) is 11.5 Å². The minimum atomic E-state index is -5.24. The summed E-state index contributed by atoms with van der Waals surface area (Å²) in [6.45, 7) is 0. The van der Waals surface area contributed by atoms with E-state index in [1.165, 1.54) is 0 Å². The van der Waals surface area contributed by atoms with E-state index in [0.29, 0.717) is 0 Å². The second-order valence-electron chi connectivity index (χ2n) is 3.16. The van der Waals surface area contributed by atoms with Crippen molar-refractivity contribution >= 4 is 30.6 Å². The molecule has 10 nitrogen and oxygen atoms in total. The van der Waals surface area contributed by atoms with E-state index in [-0.39, 0.29) is 0 Å². The normalized spacial score (nSPS) is 29.3. The van der Waals surface area contributed by atoms with Crippen molar-refractivity contribution in [1.29, 1.82) is 0 Å². The van der Waals surface area contributed by atoms with Gasteiger partial charge in [0.15, 0.2) is 9.84 Å². The number of sulfone groups is 1. The van der Waals surface area contributed by atoms with Gasteiger partial charge in [-0.15, -0.1) is 0 Å². The van der Waals surface area contributed by atoms with Crippen molar-refractivity contribution in [2.75, 3.05) is 11.5 Å². The molecule has 0 aliphatic carbocycles. The summed E-state index contributed by atoms with van der Waals surface area (Å²) in [5, 5.41) is 0. The van der Waals surface area contributed by atoms with E-state index in [0.717, 1.165) is 0 Å². The smallest absolute Gasteiger partial charge is 0.218 e. The fraction of sp³-hybridized carbons (Fsp3) is 1.00. The highest BCUT2D eigenvalue weighted by Crippen LogP contribution is 2.21. The molecule has 0 amide bonds. The van der Waals surface area contributed by atoms with Crippen molar-refractivity contribution in [3.05, 3.63) is 0 Å². The summed E-state index contributed by atoms with van der Waals surface area (Å²) in [6.07, 6.45) is -3.68. The largest absolute Gasteiger partial charge is 0.726 e. The first-order valence-corrected chi connectivity index (χ1v) is 8.35. The quantitative estimate of drug-likeness (QED) is 0.388. The second kappa shape index (κ2) is 4.42. The van der Waals surface area contributed by atoms with Crippen molar-refractivity contribution in [3.8, 4) is 0 Å². The van der Waals surface area contributed by atoms with Crippen LogP contribution >= 0.6 is 0 Å². The molecule has 1 rings (SSSR count). The predicted molar refractivity (Wildman–Crippen MR) is 47.8 cm³/mol. The third-order valence-electron chi connectivity index (χ3n) is 1.73. The zero-order valence-electron chi connectivity index (χ0n) is 7.88. The molecule has 0 aromatic heterocycles. The summed E-state index contributed by atoms with van der Waals surface area (Å²) >= 11 is 0. The lowest BCUT2D eigenvalue weighted by Gasteiger charge is -2.20. The number of rotatable bonds is 4. The third kappa shape index (κ3) is 5.24. The topological polar surface area (TPSA) is 167 Å². The molecular formula is C4H6O10S3-2. The number of hydrogen-bond donors (Lipinski definition) is 0. The van der Waals surface area contributed by atoms with Crippen LogP contribution in [-0.4, -0.2) is 58.1 Å². The van der Waals surface area contributed by atoms with E-state index < -0.39 is 54.3 Å². The predicted octanol–water partition coefficient (Wildman–Crippen LogP) is -2.89. The highest BCUT2D eigenvalue weighted by Gasteiger charge is 2.42. The Labute approximate surface area is 97.4 Å². The van der Waals surface area contributed by atoms with Gasteiger partial charge in [-0.1, -0.05) is 0 Å². The van der Waals surface area contributed by atoms with Crippen LogP contribution in [0.4, 0.5) is 0 Å². The molecule has 0 spiro atoms. The average molecular weight is 310 g/mol. The van der Waals surface area contributed by atoms with Crippen molar-refractivity contribution in [2.45, 2.75) is 12.2 Å². The van der Waals surface area contributed by atoms with Crippen LogP contribution in [0.3, 0.4) is 0 Å². The van der Waals surface area contributed by atoms with Gasteiger partial charge in [0.1, 0.15) is 12.2 Å². The molecule has 1 saturated heterocycles. The van der Waals surface area contributed by atoms with Gasteiger partial charge >= 0.3 is 0 Å². The lowest BCUT2D eigenvalue weighted by Crippen LogP contribution is -2.33. The molecule has 1 aliphatic rings. The molecule has 0 bridgehead atoms. The summed E-state index contributed by atoms with van der Waals surface area (Å²) in [5.41, 5.74) is 0. The van der Waals surface area contributed by atoms with E-state index in [1.807, 2.05) is 0 Å². The SMILES string of the molecule is O=S1(=O)C[C@H](OS(=O)(=O)[O-])[C@H](OS(=O)(=O)[O-])C1. The molecule has 0 saturated carbocycles. The van der Waals surface area contributed by atoms with E-state index in [1.54, 1.807) is 0 Å². The molecule has 13 heteroatoms. The highest BCUT2D eigenvalue weighted by molar-refractivity contribution is 7.91. The Kier molecular flexibility index (Phi) is 3.83.